The van der Waals surface area contributed by atoms with Gasteiger partial charge in [-0.05, 0) is 31.9 Å². The number of carbonyl (C=O) groups is 1. The molecule has 19 heavy (non-hydrogen) atoms. The number of nitrogen functional groups attached to an aromatic ring is 1. The van der Waals surface area contributed by atoms with Crippen LogP contribution in [0.4, 0.5) is 5.69 Å². The van der Waals surface area contributed by atoms with Crippen LogP contribution in [0.2, 0.25) is 0 Å². The van der Waals surface area contributed by atoms with Crippen molar-refractivity contribution in [1.29, 1.82) is 0 Å². The Kier molecular flexibility index (Phi) is 4.66. The topological polar surface area (TPSA) is 55.6 Å². The average molecular weight is 262 g/mol. The molecule has 1 aliphatic rings. The smallest absolute Gasteiger partial charge is 0.259 e. The molecule has 2 rings (SSSR count). The molecule has 0 radical (unpaired) electrons. The van der Waals surface area contributed by atoms with E-state index in [1.54, 1.807) is 6.07 Å². The van der Waals surface area contributed by atoms with Gasteiger partial charge in [0.05, 0.1) is 6.61 Å². The summed E-state index contributed by atoms with van der Waals surface area (Å²) in [6, 6.07) is 5.39. The number of carbonyl (C=O) groups excluding carboxylic acids is 1. The molecule has 0 aromatic heterocycles. The summed E-state index contributed by atoms with van der Waals surface area (Å²) in [6.45, 7) is 4.07. The van der Waals surface area contributed by atoms with Crippen molar-refractivity contribution in [2.24, 2.45) is 0 Å². The molecule has 0 spiro atoms. The lowest BCUT2D eigenvalue weighted by Crippen LogP contribution is -2.32. The average Bonchev–Trinajstić information content (AvgIpc) is 2.67. The minimum Gasteiger partial charge on any atom is -0.493 e. The second-order valence-electron chi connectivity index (χ2n) is 4.86. The van der Waals surface area contributed by atoms with Gasteiger partial charge in [-0.2, -0.15) is 0 Å². The number of hydrogen-bond donors (Lipinski definition) is 1. The van der Waals surface area contributed by atoms with Crippen molar-refractivity contribution in [2.75, 3.05) is 25.4 Å². The van der Waals surface area contributed by atoms with Gasteiger partial charge in [0.1, 0.15) is 11.3 Å². The van der Waals surface area contributed by atoms with Crippen molar-refractivity contribution in [2.45, 2.75) is 32.6 Å². The Balaban J connectivity index is 2.26. The van der Waals surface area contributed by atoms with Crippen LogP contribution in [0.15, 0.2) is 18.2 Å². The largest absolute Gasteiger partial charge is 0.493 e. The summed E-state index contributed by atoms with van der Waals surface area (Å²) in [4.78, 5) is 14.5. The van der Waals surface area contributed by atoms with Gasteiger partial charge in [-0.25, -0.2) is 0 Å². The van der Waals surface area contributed by atoms with Gasteiger partial charge in [0.2, 0.25) is 0 Å². The first-order valence-corrected chi connectivity index (χ1v) is 7.04. The number of anilines is 1. The van der Waals surface area contributed by atoms with E-state index in [9.17, 15) is 4.79 Å². The first kappa shape index (κ1) is 13.7. The molecule has 0 bridgehead atoms. The summed E-state index contributed by atoms with van der Waals surface area (Å²) in [6.07, 6.45) is 4.55. The number of nitrogens with zero attached hydrogens (tertiary/aromatic N) is 1. The molecule has 104 valence electrons. The van der Waals surface area contributed by atoms with Crippen LogP contribution >= 0.6 is 0 Å². The zero-order valence-corrected chi connectivity index (χ0v) is 11.5. The maximum Gasteiger partial charge on any atom is 0.259 e. The van der Waals surface area contributed by atoms with E-state index in [2.05, 4.69) is 0 Å². The molecule has 4 heteroatoms. The minimum atomic E-state index is 0.00319. The lowest BCUT2D eigenvalue weighted by Gasteiger charge is -2.22. The standard InChI is InChI=1S/C15H22N2O2/c1-2-19-13-9-7-8-12(16)14(13)15(18)17-10-5-3-4-6-11-17/h7-9H,2-6,10-11,16H2,1H3. The molecule has 1 amide bonds. The molecule has 0 unspecified atom stereocenters. The summed E-state index contributed by atoms with van der Waals surface area (Å²) in [5.74, 6) is 0.597. The number of ether oxygens (including phenoxy) is 1. The highest BCUT2D eigenvalue weighted by Gasteiger charge is 2.22. The Morgan fingerprint density at radius 3 is 2.58 bits per heavy atom. The van der Waals surface area contributed by atoms with Crippen LogP contribution in [0.3, 0.4) is 0 Å². The molecule has 0 saturated carbocycles. The zero-order valence-electron chi connectivity index (χ0n) is 11.5. The van der Waals surface area contributed by atoms with Crippen molar-refractivity contribution in [3.63, 3.8) is 0 Å². The van der Waals surface area contributed by atoms with Crippen molar-refractivity contribution in [1.82, 2.24) is 4.90 Å². The Labute approximate surface area is 114 Å². The normalized spacial score (nSPS) is 15.9. The Hall–Kier alpha value is -1.71. The maximum atomic E-state index is 12.6. The van der Waals surface area contributed by atoms with Gasteiger partial charge < -0.3 is 15.4 Å². The Morgan fingerprint density at radius 1 is 1.26 bits per heavy atom. The minimum absolute atomic E-state index is 0.00319. The molecule has 0 aliphatic carbocycles. The van der Waals surface area contributed by atoms with Crippen molar-refractivity contribution in [3.8, 4) is 5.75 Å². The van der Waals surface area contributed by atoms with Crippen molar-refractivity contribution in [3.05, 3.63) is 23.8 Å². The van der Waals surface area contributed by atoms with E-state index < -0.39 is 0 Å². The predicted octanol–water partition coefficient (Wildman–Crippen LogP) is 2.68. The van der Waals surface area contributed by atoms with Gasteiger partial charge in [0.15, 0.2) is 0 Å². The molecule has 1 aromatic carbocycles. The van der Waals surface area contributed by atoms with Gasteiger partial charge in [0, 0.05) is 18.8 Å². The third-order valence-electron chi connectivity index (χ3n) is 3.47. The van der Waals surface area contributed by atoms with E-state index in [0.29, 0.717) is 23.6 Å². The maximum absolute atomic E-state index is 12.6. The van der Waals surface area contributed by atoms with E-state index >= 15 is 0 Å². The summed E-state index contributed by atoms with van der Waals surface area (Å²) < 4.78 is 5.53. The number of rotatable bonds is 3. The van der Waals surface area contributed by atoms with Crippen LogP contribution in [0.1, 0.15) is 43.0 Å². The highest BCUT2D eigenvalue weighted by molar-refractivity contribution is 6.01. The van der Waals surface area contributed by atoms with Crippen molar-refractivity contribution >= 4 is 11.6 Å². The molecule has 2 N–H and O–H groups in total. The third kappa shape index (κ3) is 3.19. The molecular weight excluding hydrogens is 240 g/mol. The fraction of sp³-hybridized carbons (Fsp3) is 0.533. The molecular formula is C15H22N2O2. The van der Waals surface area contributed by atoms with E-state index in [0.717, 1.165) is 25.9 Å². The first-order chi connectivity index (χ1) is 9.24. The lowest BCUT2D eigenvalue weighted by molar-refractivity contribution is 0.0758. The van der Waals surface area contributed by atoms with Gasteiger partial charge in [0.25, 0.3) is 5.91 Å². The fourth-order valence-electron chi connectivity index (χ4n) is 2.48. The first-order valence-electron chi connectivity index (χ1n) is 7.04. The van der Waals surface area contributed by atoms with Crippen LogP contribution in [-0.4, -0.2) is 30.5 Å². The predicted molar refractivity (Wildman–Crippen MR) is 76.4 cm³/mol. The summed E-state index contributed by atoms with van der Waals surface area (Å²) in [5, 5.41) is 0. The van der Waals surface area contributed by atoms with Crippen LogP contribution in [-0.2, 0) is 0 Å². The zero-order chi connectivity index (χ0) is 13.7. The van der Waals surface area contributed by atoms with E-state index in [-0.39, 0.29) is 5.91 Å². The number of likely N-dealkylation sites (tertiary alicyclic amines) is 1. The molecule has 1 aromatic rings. The van der Waals surface area contributed by atoms with Gasteiger partial charge >= 0.3 is 0 Å². The van der Waals surface area contributed by atoms with Crippen LogP contribution in [0.5, 0.6) is 5.75 Å². The highest BCUT2D eigenvalue weighted by Crippen LogP contribution is 2.27. The molecule has 1 heterocycles. The van der Waals surface area contributed by atoms with E-state index in [1.807, 2.05) is 24.0 Å². The van der Waals surface area contributed by atoms with Crippen LogP contribution < -0.4 is 10.5 Å². The third-order valence-corrected chi connectivity index (χ3v) is 3.47. The van der Waals surface area contributed by atoms with Crippen LogP contribution in [0.25, 0.3) is 0 Å². The monoisotopic (exact) mass is 262 g/mol. The Bertz CT molecular complexity index is 438. The molecule has 1 saturated heterocycles. The van der Waals surface area contributed by atoms with E-state index in [1.165, 1.54) is 12.8 Å². The van der Waals surface area contributed by atoms with Gasteiger partial charge in [-0.1, -0.05) is 18.9 Å². The van der Waals surface area contributed by atoms with Gasteiger partial charge in [-0.3, -0.25) is 4.79 Å². The van der Waals surface area contributed by atoms with Gasteiger partial charge in [-0.15, -0.1) is 0 Å². The number of benzene rings is 1. The second kappa shape index (κ2) is 6.45. The lowest BCUT2D eigenvalue weighted by atomic mass is 10.1. The molecule has 1 aliphatic heterocycles. The Morgan fingerprint density at radius 2 is 1.95 bits per heavy atom. The van der Waals surface area contributed by atoms with Crippen molar-refractivity contribution < 1.29 is 9.53 Å². The number of hydrogen-bond acceptors (Lipinski definition) is 3. The summed E-state index contributed by atoms with van der Waals surface area (Å²) in [5.41, 5.74) is 6.99. The fourth-order valence-corrected chi connectivity index (χ4v) is 2.48. The van der Waals surface area contributed by atoms with Crippen LogP contribution in [0, 0.1) is 0 Å². The van der Waals surface area contributed by atoms with E-state index in [4.69, 9.17) is 10.5 Å². The number of amides is 1. The quantitative estimate of drug-likeness (QED) is 0.852. The summed E-state index contributed by atoms with van der Waals surface area (Å²) in [7, 11) is 0. The highest BCUT2D eigenvalue weighted by atomic mass is 16.5. The summed E-state index contributed by atoms with van der Waals surface area (Å²) >= 11 is 0. The SMILES string of the molecule is CCOc1cccc(N)c1C(=O)N1CCCCCC1. The number of nitrogens with two attached hydrogens (primary N) is 1. The molecule has 0 atom stereocenters. The molecule has 1 fully saturated rings. The molecule has 4 nitrogen and oxygen atoms in total. The second-order valence-corrected chi connectivity index (χ2v) is 4.86.